The Morgan fingerprint density at radius 1 is 1.50 bits per heavy atom. The summed E-state index contributed by atoms with van der Waals surface area (Å²) >= 11 is 1.19. The van der Waals surface area contributed by atoms with Gasteiger partial charge in [0.1, 0.15) is 0 Å². The number of rotatable bonds is 4. The van der Waals surface area contributed by atoms with Crippen LogP contribution in [0.3, 0.4) is 0 Å². The number of hydrogen-bond donors (Lipinski definition) is 1. The number of ether oxygens (including phenoxy) is 1. The molecule has 1 unspecified atom stereocenters. The van der Waals surface area contributed by atoms with Crippen molar-refractivity contribution in [3.05, 3.63) is 46.9 Å². The van der Waals surface area contributed by atoms with Crippen molar-refractivity contribution in [3.8, 4) is 6.07 Å². The number of amides is 1. The molecule has 0 saturated carbocycles. The number of nitriles is 1. The monoisotopic (exact) mass is 367 g/mol. The Labute approximate surface area is 154 Å². The number of nitrogens with one attached hydrogen (secondary N) is 1. The number of carbonyl (C=O) groups excluding carboxylic acids is 1. The third kappa shape index (κ3) is 2.91. The normalized spacial score (nSPS) is 15.6. The predicted octanol–water partition coefficient (Wildman–Crippen LogP) is 2.63. The molecule has 0 saturated heterocycles. The molecule has 1 N–H and O–H groups in total. The average Bonchev–Trinajstić information content (AvgIpc) is 3.33. The van der Waals surface area contributed by atoms with Crippen LogP contribution in [0.1, 0.15) is 29.4 Å². The molecule has 3 aromatic rings. The lowest BCUT2D eigenvalue weighted by molar-refractivity contribution is 0.148. The van der Waals surface area contributed by atoms with Crippen LogP contribution in [-0.2, 0) is 24.1 Å². The summed E-state index contributed by atoms with van der Waals surface area (Å²) in [5.74, 6) is 0. The summed E-state index contributed by atoms with van der Waals surface area (Å²) in [5.41, 5.74) is 4.97. The van der Waals surface area contributed by atoms with Gasteiger partial charge >= 0.3 is 6.09 Å². The number of hydrogen-bond acceptors (Lipinski definition) is 6. The minimum atomic E-state index is -0.389. The molecule has 1 amide bonds. The van der Waals surface area contributed by atoms with Gasteiger partial charge < -0.3 is 14.6 Å². The van der Waals surface area contributed by atoms with Crippen molar-refractivity contribution in [1.82, 2.24) is 18.6 Å². The van der Waals surface area contributed by atoms with Gasteiger partial charge in [0.05, 0.1) is 48.4 Å². The van der Waals surface area contributed by atoms with Gasteiger partial charge in [0, 0.05) is 29.1 Å². The summed E-state index contributed by atoms with van der Waals surface area (Å²) in [6.07, 6.45) is 2.83. The van der Waals surface area contributed by atoms with E-state index in [1.165, 1.54) is 23.0 Å². The van der Waals surface area contributed by atoms with Crippen LogP contribution in [-0.4, -0.2) is 32.1 Å². The molecule has 0 fully saturated rings. The van der Waals surface area contributed by atoms with E-state index in [9.17, 15) is 10.1 Å². The summed E-state index contributed by atoms with van der Waals surface area (Å²) in [5, 5.41) is 13.2. The summed E-state index contributed by atoms with van der Waals surface area (Å²) < 4.78 is 15.6. The summed E-state index contributed by atoms with van der Waals surface area (Å²) in [7, 11) is 0. The number of aromatic nitrogens is 3. The highest BCUT2D eigenvalue weighted by atomic mass is 32.1. The molecule has 8 heteroatoms. The Hall–Kier alpha value is -2.92. The second kappa shape index (κ2) is 6.77. The van der Waals surface area contributed by atoms with Crippen molar-refractivity contribution in [3.63, 3.8) is 0 Å². The summed E-state index contributed by atoms with van der Waals surface area (Å²) in [6, 6.07) is 7.95. The zero-order valence-electron chi connectivity index (χ0n) is 14.2. The molecule has 7 nitrogen and oxygen atoms in total. The average molecular weight is 367 g/mol. The molecule has 4 rings (SSSR count). The molecule has 2 heterocycles. The smallest absolute Gasteiger partial charge is 0.407 e. The van der Waals surface area contributed by atoms with Gasteiger partial charge in [-0.25, -0.2) is 4.79 Å². The molecule has 132 valence electrons. The van der Waals surface area contributed by atoms with Crippen LogP contribution >= 0.6 is 11.7 Å². The Bertz CT molecular complexity index is 1000. The first-order valence-corrected chi connectivity index (χ1v) is 9.16. The van der Waals surface area contributed by atoms with Crippen molar-refractivity contribution < 1.29 is 9.53 Å². The van der Waals surface area contributed by atoms with Crippen molar-refractivity contribution in [1.29, 1.82) is 5.26 Å². The lowest BCUT2D eigenvalue weighted by Gasteiger charge is -2.14. The molecular formula is C18H17N5O2S. The van der Waals surface area contributed by atoms with Crippen molar-refractivity contribution in [2.75, 3.05) is 6.61 Å². The topological polar surface area (TPSA) is 92.8 Å². The van der Waals surface area contributed by atoms with E-state index in [0.717, 1.165) is 29.4 Å². The van der Waals surface area contributed by atoms with E-state index in [1.807, 2.05) is 18.2 Å². The molecule has 1 aliphatic carbocycles. The van der Waals surface area contributed by atoms with E-state index < -0.39 is 0 Å². The Balaban J connectivity index is 1.72. The molecule has 0 aliphatic heterocycles. The van der Waals surface area contributed by atoms with Crippen molar-refractivity contribution in [2.24, 2.45) is 0 Å². The van der Waals surface area contributed by atoms with E-state index >= 15 is 0 Å². The van der Waals surface area contributed by atoms with E-state index in [2.05, 4.69) is 24.7 Å². The fourth-order valence-corrected chi connectivity index (χ4v) is 4.02. The first-order valence-electron chi connectivity index (χ1n) is 8.43. The van der Waals surface area contributed by atoms with Crippen LogP contribution in [0.4, 0.5) is 4.79 Å². The van der Waals surface area contributed by atoms with Gasteiger partial charge in [-0.05, 0) is 37.1 Å². The van der Waals surface area contributed by atoms with Gasteiger partial charge in [0.2, 0.25) is 0 Å². The second-order valence-corrected chi connectivity index (χ2v) is 6.78. The number of benzene rings is 1. The molecule has 2 aromatic heterocycles. The van der Waals surface area contributed by atoms with E-state index in [-0.39, 0.29) is 12.1 Å². The molecule has 1 atom stereocenters. The SMILES string of the molecule is CCOC(=O)NC1Cc2c(n(Cc3cnsn3)c3ccc(C#N)cc23)C1. The standard InChI is InChI=1S/C18H17N5O2S/c1-2-25-18(24)21-12-6-15-14-5-11(8-19)3-4-16(14)23(17(15)7-12)10-13-9-20-26-22-13/h3-5,9,12H,2,6-7,10H2,1H3,(H,21,24). The van der Waals surface area contributed by atoms with Gasteiger partial charge in [-0.3, -0.25) is 0 Å². The van der Waals surface area contributed by atoms with Gasteiger partial charge in [-0.1, -0.05) is 0 Å². The van der Waals surface area contributed by atoms with E-state index in [1.54, 1.807) is 13.1 Å². The van der Waals surface area contributed by atoms with Crippen molar-refractivity contribution >= 4 is 28.7 Å². The largest absolute Gasteiger partial charge is 0.450 e. The van der Waals surface area contributed by atoms with E-state index in [0.29, 0.717) is 18.7 Å². The molecule has 1 aromatic carbocycles. The number of alkyl carbamates (subject to hydrolysis) is 1. The Morgan fingerprint density at radius 2 is 2.38 bits per heavy atom. The fraction of sp³-hybridized carbons (Fsp3) is 0.333. The minimum Gasteiger partial charge on any atom is -0.450 e. The number of carbonyl (C=O) groups is 1. The van der Waals surface area contributed by atoms with Crippen LogP contribution in [0, 0.1) is 11.3 Å². The highest BCUT2D eigenvalue weighted by Gasteiger charge is 2.30. The Kier molecular flexibility index (Phi) is 4.31. The van der Waals surface area contributed by atoms with Crippen LogP contribution in [0.25, 0.3) is 10.9 Å². The third-order valence-electron chi connectivity index (χ3n) is 4.63. The maximum Gasteiger partial charge on any atom is 0.407 e. The van der Waals surface area contributed by atoms with Gasteiger partial charge in [-0.2, -0.15) is 14.0 Å². The van der Waals surface area contributed by atoms with Crippen LogP contribution in [0.5, 0.6) is 0 Å². The molecule has 0 spiro atoms. The maximum atomic E-state index is 11.8. The third-order valence-corrected chi connectivity index (χ3v) is 5.15. The quantitative estimate of drug-likeness (QED) is 0.765. The highest BCUT2D eigenvalue weighted by Crippen LogP contribution is 2.34. The zero-order valence-corrected chi connectivity index (χ0v) is 15.0. The molecule has 0 radical (unpaired) electrons. The van der Waals surface area contributed by atoms with Crippen LogP contribution in [0.2, 0.25) is 0 Å². The highest BCUT2D eigenvalue weighted by molar-refractivity contribution is 6.99. The molecular weight excluding hydrogens is 350 g/mol. The van der Waals surface area contributed by atoms with E-state index in [4.69, 9.17) is 4.74 Å². The van der Waals surface area contributed by atoms with Gasteiger partial charge in [-0.15, -0.1) is 0 Å². The molecule has 26 heavy (non-hydrogen) atoms. The van der Waals surface area contributed by atoms with Crippen LogP contribution in [0.15, 0.2) is 24.4 Å². The first-order chi connectivity index (χ1) is 12.7. The number of fused-ring (bicyclic) bond motifs is 3. The van der Waals surface area contributed by atoms with Crippen LogP contribution < -0.4 is 5.32 Å². The van der Waals surface area contributed by atoms with Crippen molar-refractivity contribution in [2.45, 2.75) is 32.4 Å². The number of nitrogens with zero attached hydrogens (tertiary/aromatic N) is 4. The maximum absolute atomic E-state index is 11.8. The Morgan fingerprint density at radius 3 is 3.12 bits per heavy atom. The molecule has 0 bridgehead atoms. The predicted molar refractivity (Wildman–Crippen MR) is 97.0 cm³/mol. The lowest BCUT2D eigenvalue weighted by atomic mass is 10.1. The minimum absolute atomic E-state index is 0.00555. The molecule has 1 aliphatic rings. The lowest BCUT2D eigenvalue weighted by Crippen LogP contribution is -2.36. The first kappa shape index (κ1) is 16.5. The zero-order chi connectivity index (χ0) is 18.1. The van der Waals surface area contributed by atoms with Gasteiger partial charge in [0.15, 0.2) is 0 Å². The fourth-order valence-electron chi connectivity index (χ4n) is 3.60. The summed E-state index contributed by atoms with van der Waals surface area (Å²) in [6.45, 7) is 2.76. The second-order valence-electron chi connectivity index (χ2n) is 6.22. The summed E-state index contributed by atoms with van der Waals surface area (Å²) in [4.78, 5) is 11.8. The van der Waals surface area contributed by atoms with Gasteiger partial charge in [0.25, 0.3) is 0 Å².